The fourth-order valence-corrected chi connectivity index (χ4v) is 2.67. The second kappa shape index (κ2) is 9.15. The van der Waals surface area contributed by atoms with E-state index in [1.165, 1.54) is 18.2 Å². The lowest BCUT2D eigenvalue weighted by atomic mass is 10.1. The number of hydrogen-bond acceptors (Lipinski definition) is 5. The molecule has 0 atom stereocenters. The number of benzene rings is 2. The summed E-state index contributed by atoms with van der Waals surface area (Å²) in [5, 5.41) is 2.69. The van der Waals surface area contributed by atoms with Crippen molar-refractivity contribution in [3.63, 3.8) is 0 Å². The van der Waals surface area contributed by atoms with Crippen molar-refractivity contribution in [3.05, 3.63) is 63.6 Å². The number of nitrogens with one attached hydrogen (secondary N) is 1. The molecule has 7 heteroatoms. The average Bonchev–Trinajstić information content (AvgIpc) is 2.62. The van der Waals surface area contributed by atoms with Crippen molar-refractivity contribution in [1.82, 2.24) is 0 Å². The van der Waals surface area contributed by atoms with Crippen LogP contribution in [0.4, 0.5) is 5.69 Å². The lowest BCUT2D eigenvalue weighted by Crippen LogP contribution is -2.15. The predicted molar refractivity (Wildman–Crippen MR) is 100 cm³/mol. The highest BCUT2D eigenvalue weighted by molar-refractivity contribution is 9.10. The fraction of sp³-hybridized carbons (Fsp3) is 0.211. The summed E-state index contributed by atoms with van der Waals surface area (Å²) in [4.78, 5) is 36.6. The van der Waals surface area contributed by atoms with Gasteiger partial charge in [0.1, 0.15) is 0 Å². The van der Waals surface area contributed by atoms with Gasteiger partial charge in [-0.15, -0.1) is 0 Å². The Hall–Kier alpha value is -2.67. The van der Waals surface area contributed by atoms with Crippen molar-refractivity contribution in [3.8, 4) is 0 Å². The zero-order chi connectivity index (χ0) is 19.1. The zero-order valence-corrected chi connectivity index (χ0v) is 16.0. The molecule has 136 valence electrons. The molecule has 0 bridgehead atoms. The van der Waals surface area contributed by atoms with Crippen molar-refractivity contribution >= 4 is 39.5 Å². The lowest BCUT2D eigenvalue weighted by Gasteiger charge is -2.11. The molecule has 0 heterocycles. The van der Waals surface area contributed by atoms with Crippen molar-refractivity contribution in [2.24, 2.45) is 0 Å². The zero-order valence-electron chi connectivity index (χ0n) is 14.4. The van der Waals surface area contributed by atoms with Gasteiger partial charge in [-0.3, -0.25) is 4.79 Å². The molecule has 0 saturated carbocycles. The van der Waals surface area contributed by atoms with Crippen LogP contribution in [-0.4, -0.2) is 31.1 Å². The van der Waals surface area contributed by atoms with Gasteiger partial charge in [-0.25, -0.2) is 9.59 Å². The van der Waals surface area contributed by atoms with E-state index in [9.17, 15) is 14.4 Å². The van der Waals surface area contributed by atoms with Crippen molar-refractivity contribution in [2.45, 2.75) is 13.8 Å². The highest BCUT2D eigenvalue weighted by Crippen LogP contribution is 2.21. The number of carbonyl (C=O) groups is 3. The number of hydrogen-bond donors (Lipinski definition) is 1. The third-order valence-electron chi connectivity index (χ3n) is 3.33. The van der Waals surface area contributed by atoms with Gasteiger partial charge in [-0.1, -0.05) is 12.1 Å². The topological polar surface area (TPSA) is 81.7 Å². The van der Waals surface area contributed by atoms with E-state index >= 15 is 0 Å². The molecule has 26 heavy (non-hydrogen) atoms. The van der Waals surface area contributed by atoms with Crippen molar-refractivity contribution in [2.75, 3.05) is 18.5 Å². The second-order valence-electron chi connectivity index (χ2n) is 5.17. The summed E-state index contributed by atoms with van der Waals surface area (Å²) in [5.74, 6) is -1.56. The predicted octanol–water partition coefficient (Wildman–Crippen LogP) is 4.05. The number of amides is 1. The van der Waals surface area contributed by atoms with Gasteiger partial charge >= 0.3 is 11.9 Å². The molecule has 0 unspecified atom stereocenters. The highest BCUT2D eigenvalue weighted by atomic mass is 79.9. The summed E-state index contributed by atoms with van der Waals surface area (Å²) in [6.45, 7) is 3.76. The van der Waals surface area contributed by atoms with Gasteiger partial charge in [0, 0.05) is 10.2 Å². The van der Waals surface area contributed by atoms with Crippen LogP contribution in [0, 0.1) is 0 Å². The number of rotatable bonds is 6. The summed E-state index contributed by atoms with van der Waals surface area (Å²) >= 11 is 3.32. The van der Waals surface area contributed by atoms with Gasteiger partial charge in [0.15, 0.2) is 0 Å². The van der Waals surface area contributed by atoms with E-state index < -0.39 is 11.9 Å². The molecule has 0 radical (unpaired) electrons. The number of ether oxygens (including phenoxy) is 2. The molecular weight excluding hydrogens is 402 g/mol. The van der Waals surface area contributed by atoms with Crippen LogP contribution in [0.3, 0.4) is 0 Å². The van der Waals surface area contributed by atoms with Crippen LogP contribution in [0.1, 0.15) is 44.9 Å². The van der Waals surface area contributed by atoms with Crippen LogP contribution in [0.2, 0.25) is 0 Å². The summed E-state index contributed by atoms with van der Waals surface area (Å²) in [6, 6.07) is 11.2. The fourth-order valence-electron chi connectivity index (χ4n) is 2.21. The lowest BCUT2D eigenvalue weighted by molar-refractivity contribution is 0.0525. The van der Waals surface area contributed by atoms with E-state index in [0.29, 0.717) is 15.7 Å². The molecular formula is C19H18BrNO5. The monoisotopic (exact) mass is 419 g/mol. The van der Waals surface area contributed by atoms with Crippen LogP contribution in [0.5, 0.6) is 0 Å². The minimum atomic E-state index is -0.588. The summed E-state index contributed by atoms with van der Waals surface area (Å²) < 4.78 is 10.6. The normalized spacial score (nSPS) is 10.1. The number of anilines is 1. The summed E-state index contributed by atoms with van der Waals surface area (Å²) in [7, 11) is 0. The van der Waals surface area contributed by atoms with E-state index in [-0.39, 0.29) is 30.2 Å². The quantitative estimate of drug-likeness (QED) is 0.713. The van der Waals surface area contributed by atoms with Crippen LogP contribution < -0.4 is 5.32 Å². The number of halogens is 1. The first-order valence-corrected chi connectivity index (χ1v) is 8.80. The molecule has 0 fully saturated rings. The van der Waals surface area contributed by atoms with Gasteiger partial charge in [0.05, 0.1) is 29.9 Å². The standard InChI is InChI=1S/C19H18BrNO5/c1-3-25-18(23)12-9-13(19(24)26-4-2)11-14(10-12)21-17(22)15-7-5-6-8-16(15)20/h5-11H,3-4H2,1-2H3,(H,21,22). The Morgan fingerprint density at radius 3 is 1.96 bits per heavy atom. The molecule has 2 aromatic carbocycles. The Bertz CT molecular complexity index is 798. The van der Waals surface area contributed by atoms with E-state index in [1.54, 1.807) is 38.1 Å². The van der Waals surface area contributed by atoms with E-state index in [0.717, 1.165) is 0 Å². The first kappa shape index (κ1) is 19.7. The minimum Gasteiger partial charge on any atom is -0.462 e. The van der Waals surface area contributed by atoms with Crippen LogP contribution >= 0.6 is 15.9 Å². The Morgan fingerprint density at radius 2 is 1.46 bits per heavy atom. The maximum Gasteiger partial charge on any atom is 0.338 e. The highest BCUT2D eigenvalue weighted by Gasteiger charge is 2.17. The number of esters is 2. The van der Waals surface area contributed by atoms with E-state index in [1.807, 2.05) is 0 Å². The van der Waals surface area contributed by atoms with Crippen LogP contribution in [-0.2, 0) is 9.47 Å². The third-order valence-corrected chi connectivity index (χ3v) is 4.02. The Balaban J connectivity index is 2.37. The molecule has 0 aliphatic carbocycles. The molecule has 6 nitrogen and oxygen atoms in total. The Kier molecular flexibility index (Phi) is 6.91. The SMILES string of the molecule is CCOC(=O)c1cc(NC(=O)c2ccccc2Br)cc(C(=O)OCC)c1. The average molecular weight is 420 g/mol. The molecule has 2 rings (SSSR count). The van der Waals surface area contributed by atoms with Gasteiger partial charge in [0.2, 0.25) is 0 Å². The first-order chi connectivity index (χ1) is 12.5. The number of carbonyl (C=O) groups excluding carboxylic acids is 3. The Labute approximate surface area is 159 Å². The third kappa shape index (κ3) is 4.92. The largest absolute Gasteiger partial charge is 0.462 e. The first-order valence-electron chi connectivity index (χ1n) is 8.01. The minimum absolute atomic E-state index is 0.153. The molecule has 0 aliphatic heterocycles. The van der Waals surface area contributed by atoms with Crippen molar-refractivity contribution < 1.29 is 23.9 Å². The molecule has 1 N–H and O–H groups in total. The summed E-state index contributed by atoms with van der Waals surface area (Å²) in [6.07, 6.45) is 0. The van der Waals surface area contributed by atoms with E-state index in [2.05, 4.69) is 21.2 Å². The van der Waals surface area contributed by atoms with Crippen LogP contribution in [0.15, 0.2) is 46.9 Å². The second-order valence-corrected chi connectivity index (χ2v) is 6.03. The molecule has 0 spiro atoms. The van der Waals surface area contributed by atoms with E-state index in [4.69, 9.17) is 9.47 Å². The molecule has 2 aromatic rings. The van der Waals surface area contributed by atoms with Crippen LogP contribution in [0.25, 0.3) is 0 Å². The Morgan fingerprint density at radius 1 is 0.923 bits per heavy atom. The van der Waals surface area contributed by atoms with Gasteiger partial charge in [0.25, 0.3) is 5.91 Å². The van der Waals surface area contributed by atoms with Gasteiger partial charge in [-0.2, -0.15) is 0 Å². The maximum absolute atomic E-state index is 12.5. The van der Waals surface area contributed by atoms with Gasteiger partial charge < -0.3 is 14.8 Å². The molecule has 1 amide bonds. The maximum atomic E-state index is 12.5. The smallest absolute Gasteiger partial charge is 0.338 e. The molecule has 0 aliphatic rings. The summed E-state index contributed by atoms with van der Waals surface area (Å²) in [5.41, 5.74) is 1.02. The van der Waals surface area contributed by atoms with Crippen molar-refractivity contribution in [1.29, 1.82) is 0 Å². The molecule has 0 saturated heterocycles. The van der Waals surface area contributed by atoms with Gasteiger partial charge in [-0.05, 0) is 60.1 Å². The molecule has 0 aromatic heterocycles.